The molecule has 2 aromatic carbocycles. The smallest absolute Gasteiger partial charge is 0.295 e. The first kappa shape index (κ1) is 25.2. The minimum absolute atomic E-state index is 0.104. The van der Waals surface area contributed by atoms with E-state index in [0.717, 1.165) is 17.5 Å². The average Bonchev–Trinajstić information content (AvgIpc) is 3.49. The van der Waals surface area contributed by atoms with Crippen LogP contribution < -0.4 is 4.74 Å². The molecule has 0 bridgehead atoms. The number of carbonyl (C=O) groups is 2. The van der Waals surface area contributed by atoms with Gasteiger partial charge in [-0.1, -0.05) is 57.2 Å². The number of benzene rings is 2. The van der Waals surface area contributed by atoms with E-state index in [1.807, 2.05) is 48.0 Å². The fourth-order valence-electron chi connectivity index (χ4n) is 4.47. The number of imidazole rings is 1. The van der Waals surface area contributed by atoms with E-state index in [2.05, 4.69) is 18.8 Å². The Kier molecular flexibility index (Phi) is 7.88. The third-order valence-electron chi connectivity index (χ3n) is 6.41. The molecular weight excluding hydrogens is 454 g/mol. The second-order valence-corrected chi connectivity index (χ2v) is 9.34. The molecule has 36 heavy (non-hydrogen) atoms. The van der Waals surface area contributed by atoms with Crippen LogP contribution >= 0.6 is 0 Å². The summed E-state index contributed by atoms with van der Waals surface area (Å²) in [6.07, 6.45) is 6.80. The number of amides is 1. The third kappa shape index (κ3) is 5.35. The topological polar surface area (TPSA) is 84.7 Å². The molecule has 4 rings (SSSR count). The fourth-order valence-corrected chi connectivity index (χ4v) is 4.47. The van der Waals surface area contributed by atoms with Crippen LogP contribution in [0.4, 0.5) is 0 Å². The number of aliphatic hydroxyl groups is 1. The Morgan fingerprint density at radius 3 is 2.56 bits per heavy atom. The Balaban J connectivity index is 1.72. The van der Waals surface area contributed by atoms with Gasteiger partial charge in [-0.3, -0.25) is 9.59 Å². The number of hydrogen-bond donors (Lipinski definition) is 1. The highest BCUT2D eigenvalue weighted by Crippen LogP contribution is 2.40. The van der Waals surface area contributed by atoms with Crippen molar-refractivity contribution in [3.05, 3.63) is 89.5 Å². The van der Waals surface area contributed by atoms with Crippen LogP contribution in [-0.4, -0.2) is 44.4 Å². The zero-order chi connectivity index (χ0) is 25.7. The highest BCUT2D eigenvalue weighted by atomic mass is 16.5. The van der Waals surface area contributed by atoms with Gasteiger partial charge >= 0.3 is 0 Å². The van der Waals surface area contributed by atoms with Gasteiger partial charge in [-0.05, 0) is 42.0 Å². The zero-order valence-electron chi connectivity index (χ0n) is 21.1. The molecule has 1 N–H and O–H groups in total. The van der Waals surface area contributed by atoms with E-state index in [4.69, 9.17) is 4.74 Å². The van der Waals surface area contributed by atoms with Crippen molar-refractivity contribution in [2.75, 3.05) is 13.2 Å². The second kappa shape index (κ2) is 11.2. The van der Waals surface area contributed by atoms with Crippen LogP contribution in [0.1, 0.15) is 62.3 Å². The maximum atomic E-state index is 13.3. The van der Waals surface area contributed by atoms with Gasteiger partial charge in [0.2, 0.25) is 0 Å². The van der Waals surface area contributed by atoms with Crippen molar-refractivity contribution in [3.63, 3.8) is 0 Å². The molecular formula is C29H33N3O4. The van der Waals surface area contributed by atoms with Crippen molar-refractivity contribution in [1.29, 1.82) is 0 Å². The van der Waals surface area contributed by atoms with E-state index in [-0.39, 0.29) is 11.3 Å². The fraction of sp³-hybridized carbons (Fsp3) is 0.345. The van der Waals surface area contributed by atoms with Gasteiger partial charge in [0.15, 0.2) is 0 Å². The normalized spacial score (nSPS) is 17.2. The van der Waals surface area contributed by atoms with E-state index >= 15 is 0 Å². The predicted octanol–water partition coefficient (Wildman–Crippen LogP) is 5.31. The number of rotatable bonds is 10. The summed E-state index contributed by atoms with van der Waals surface area (Å²) in [4.78, 5) is 32.1. The van der Waals surface area contributed by atoms with Crippen molar-refractivity contribution in [3.8, 4) is 5.75 Å². The van der Waals surface area contributed by atoms with Gasteiger partial charge < -0.3 is 19.3 Å². The summed E-state index contributed by atoms with van der Waals surface area (Å²) in [5.41, 5.74) is 2.51. The first-order valence-electron chi connectivity index (χ1n) is 12.5. The highest BCUT2D eigenvalue weighted by molar-refractivity contribution is 6.46. The van der Waals surface area contributed by atoms with Crippen LogP contribution in [0.2, 0.25) is 0 Å². The molecule has 7 nitrogen and oxygen atoms in total. The molecule has 1 amide bonds. The molecule has 1 unspecified atom stereocenters. The number of carbonyl (C=O) groups excluding carboxylic acids is 2. The predicted molar refractivity (Wildman–Crippen MR) is 139 cm³/mol. The number of Topliss-reactive ketones (excluding diaryl/α,β-unsaturated/α-hetero) is 1. The molecule has 1 aromatic heterocycles. The lowest BCUT2D eigenvalue weighted by Crippen LogP contribution is -2.31. The lowest BCUT2D eigenvalue weighted by atomic mass is 9.93. The first-order valence-corrected chi connectivity index (χ1v) is 12.5. The van der Waals surface area contributed by atoms with Gasteiger partial charge in [0.25, 0.3) is 11.7 Å². The van der Waals surface area contributed by atoms with Crippen LogP contribution in [0.3, 0.4) is 0 Å². The summed E-state index contributed by atoms with van der Waals surface area (Å²) in [5.74, 6) is -0.503. The van der Waals surface area contributed by atoms with Gasteiger partial charge in [0.05, 0.1) is 24.5 Å². The molecule has 3 aromatic rings. The van der Waals surface area contributed by atoms with E-state index in [0.29, 0.717) is 43.3 Å². The number of ether oxygens (including phenoxy) is 1. The average molecular weight is 488 g/mol. The van der Waals surface area contributed by atoms with Gasteiger partial charge in [0, 0.05) is 31.0 Å². The number of nitrogens with zero attached hydrogens (tertiary/aromatic N) is 3. The quantitative estimate of drug-likeness (QED) is 0.238. The molecule has 188 valence electrons. The van der Waals surface area contributed by atoms with Gasteiger partial charge in [-0.2, -0.15) is 0 Å². The molecule has 2 heterocycles. The van der Waals surface area contributed by atoms with Crippen LogP contribution in [0.5, 0.6) is 5.75 Å². The van der Waals surface area contributed by atoms with Crippen molar-refractivity contribution >= 4 is 17.4 Å². The Labute approximate surface area is 212 Å². The summed E-state index contributed by atoms with van der Waals surface area (Å²) in [5, 5.41) is 11.3. The van der Waals surface area contributed by atoms with E-state index in [9.17, 15) is 14.7 Å². The van der Waals surface area contributed by atoms with E-state index in [1.165, 1.54) is 0 Å². The Hall–Kier alpha value is -3.87. The molecule has 7 heteroatoms. The van der Waals surface area contributed by atoms with E-state index in [1.54, 1.807) is 35.6 Å². The van der Waals surface area contributed by atoms with Gasteiger partial charge in [-0.25, -0.2) is 4.98 Å². The van der Waals surface area contributed by atoms with Crippen LogP contribution in [0.15, 0.2) is 72.8 Å². The maximum absolute atomic E-state index is 13.3. The second-order valence-electron chi connectivity index (χ2n) is 9.34. The Morgan fingerprint density at radius 1 is 1.11 bits per heavy atom. The SMILES string of the molecule is CCCOc1cccc(C(O)=C2C(=O)C(=O)N(CCCn3ccnc3)C2c2ccc(C(C)C)cc2)c1. The van der Waals surface area contributed by atoms with Crippen LogP contribution in [-0.2, 0) is 16.1 Å². The van der Waals surface area contributed by atoms with Crippen LogP contribution in [0, 0.1) is 0 Å². The Morgan fingerprint density at radius 2 is 1.89 bits per heavy atom. The number of aryl methyl sites for hydroxylation is 1. The largest absolute Gasteiger partial charge is 0.507 e. The molecule has 0 spiro atoms. The van der Waals surface area contributed by atoms with Crippen LogP contribution in [0.25, 0.3) is 5.76 Å². The summed E-state index contributed by atoms with van der Waals surface area (Å²) < 4.78 is 7.65. The minimum atomic E-state index is -0.673. The molecule has 1 fully saturated rings. The number of ketones is 1. The van der Waals surface area contributed by atoms with Gasteiger partial charge in [0.1, 0.15) is 11.5 Å². The van der Waals surface area contributed by atoms with Crippen molar-refractivity contribution in [2.45, 2.75) is 52.1 Å². The lowest BCUT2D eigenvalue weighted by Gasteiger charge is -2.26. The molecule has 1 aliphatic heterocycles. The van der Waals surface area contributed by atoms with Crippen molar-refractivity contribution < 1.29 is 19.4 Å². The molecule has 1 saturated heterocycles. The number of hydrogen-bond acceptors (Lipinski definition) is 5. The zero-order valence-corrected chi connectivity index (χ0v) is 21.1. The van der Waals surface area contributed by atoms with Gasteiger partial charge in [-0.15, -0.1) is 0 Å². The van der Waals surface area contributed by atoms with Crippen molar-refractivity contribution in [1.82, 2.24) is 14.5 Å². The third-order valence-corrected chi connectivity index (χ3v) is 6.41. The minimum Gasteiger partial charge on any atom is -0.507 e. The first-order chi connectivity index (χ1) is 17.4. The molecule has 0 aliphatic carbocycles. The highest BCUT2D eigenvalue weighted by Gasteiger charge is 2.45. The number of likely N-dealkylation sites (tertiary alicyclic amines) is 1. The lowest BCUT2D eigenvalue weighted by molar-refractivity contribution is -0.139. The monoisotopic (exact) mass is 487 g/mol. The summed E-state index contributed by atoms with van der Waals surface area (Å²) in [6, 6.07) is 14.3. The van der Waals surface area contributed by atoms with E-state index < -0.39 is 17.7 Å². The number of aliphatic hydroxyl groups excluding tert-OH is 1. The molecule has 0 saturated carbocycles. The summed E-state index contributed by atoms with van der Waals surface area (Å²) in [6.45, 7) is 7.83. The molecule has 0 radical (unpaired) electrons. The standard InChI is InChI=1S/C29H33N3O4/c1-4-17-36-24-8-5-7-23(18-24)27(33)25-26(22-11-9-21(10-12-22)20(2)3)32(29(35)28(25)34)15-6-14-31-16-13-30-19-31/h5,7-13,16,18-20,26,33H,4,6,14-15,17H2,1-3H3. The molecule has 1 atom stereocenters. The summed E-state index contributed by atoms with van der Waals surface area (Å²) in [7, 11) is 0. The number of aromatic nitrogens is 2. The maximum Gasteiger partial charge on any atom is 0.295 e. The Bertz CT molecular complexity index is 1230. The van der Waals surface area contributed by atoms with Crippen molar-refractivity contribution in [2.24, 2.45) is 0 Å². The molecule has 1 aliphatic rings. The summed E-state index contributed by atoms with van der Waals surface area (Å²) >= 11 is 0.